The number of benzene rings is 1. The second-order valence-electron chi connectivity index (χ2n) is 5.52. The van der Waals surface area contributed by atoms with E-state index in [2.05, 4.69) is 20.1 Å². The smallest absolute Gasteiger partial charge is 0.269 e. The minimum absolute atomic E-state index is 0.0495. The van der Waals surface area contributed by atoms with Crippen molar-refractivity contribution in [3.8, 4) is 5.82 Å². The summed E-state index contributed by atoms with van der Waals surface area (Å²) in [7, 11) is 0. The summed E-state index contributed by atoms with van der Waals surface area (Å²) < 4.78 is 2.06. The van der Waals surface area contributed by atoms with Gasteiger partial charge in [-0.3, -0.25) is 15.5 Å². The summed E-state index contributed by atoms with van der Waals surface area (Å²) in [4.78, 5) is 14.6. The lowest BCUT2D eigenvalue weighted by molar-refractivity contribution is -0.384. The zero-order valence-corrected chi connectivity index (χ0v) is 13.9. The molecule has 2 heterocycles. The van der Waals surface area contributed by atoms with Crippen LogP contribution in [-0.2, 0) is 0 Å². The highest BCUT2D eigenvalue weighted by Crippen LogP contribution is 2.18. The number of nitrogens with one attached hydrogen (secondary N) is 1. The number of non-ortho nitro benzene ring substituents is 1. The van der Waals surface area contributed by atoms with Gasteiger partial charge in [0, 0.05) is 35.3 Å². The van der Waals surface area contributed by atoms with Crippen molar-refractivity contribution in [1.29, 1.82) is 0 Å². The molecule has 0 unspecified atom stereocenters. The first-order chi connectivity index (χ1) is 12.1. The number of hydrogen-bond acceptors (Lipinski definition) is 5. The molecule has 2 aromatic heterocycles. The van der Waals surface area contributed by atoms with Crippen LogP contribution < -0.4 is 5.43 Å². The third-order valence-corrected chi connectivity index (χ3v) is 3.82. The Balaban J connectivity index is 1.77. The molecule has 0 saturated carbocycles. The maximum absolute atomic E-state index is 10.6. The molecule has 0 saturated heterocycles. The van der Waals surface area contributed by atoms with Gasteiger partial charge in [0.2, 0.25) is 0 Å². The summed E-state index contributed by atoms with van der Waals surface area (Å²) in [6, 6.07) is 13.9. The molecule has 126 valence electrons. The highest BCUT2D eigenvalue weighted by molar-refractivity contribution is 5.82. The molecule has 0 fully saturated rings. The van der Waals surface area contributed by atoms with E-state index in [1.807, 2.05) is 38.1 Å². The van der Waals surface area contributed by atoms with Gasteiger partial charge in [0.05, 0.1) is 16.8 Å². The summed E-state index contributed by atoms with van der Waals surface area (Å²) in [6.45, 7) is 4.03. The highest BCUT2D eigenvalue weighted by atomic mass is 16.6. The molecule has 0 amide bonds. The number of nitro benzene ring substituents is 1. The Kier molecular flexibility index (Phi) is 4.56. The Hall–Kier alpha value is -3.48. The Labute approximate surface area is 144 Å². The highest BCUT2D eigenvalue weighted by Gasteiger charge is 2.09. The van der Waals surface area contributed by atoms with E-state index in [-0.39, 0.29) is 5.69 Å². The number of rotatable bonds is 5. The normalized spacial score (nSPS) is 11.0. The zero-order chi connectivity index (χ0) is 17.8. The lowest BCUT2D eigenvalue weighted by Crippen LogP contribution is -2.01. The number of hydrogen-bond donors (Lipinski definition) is 1. The van der Waals surface area contributed by atoms with Gasteiger partial charge in [0.15, 0.2) is 0 Å². The molecule has 0 atom stereocenters. The van der Waals surface area contributed by atoms with Crippen LogP contribution in [0.1, 0.15) is 17.0 Å². The van der Waals surface area contributed by atoms with Crippen molar-refractivity contribution < 1.29 is 4.92 Å². The van der Waals surface area contributed by atoms with E-state index in [0.717, 1.165) is 22.8 Å². The van der Waals surface area contributed by atoms with Crippen molar-refractivity contribution >= 4 is 17.6 Å². The summed E-state index contributed by atoms with van der Waals surface area (Å²) in [6.07, 6.45) is 3.49. The van der Waals surface area contributed by atoms with Crippen LogP contribution in [0, 0.1) is 24.0 Å². The maximum atomic E-state index is 10.6. The first-order valence-corrected chi connectivity index (χ1v) is 7.70. The van der Waals surface area contributed by atoms with Crippen LogP contribution >= 0.6 is 0 Å². The van der Waals surface area contributed by atoms with E-state index in [1.165, 1.54) is 12.1 Å². The SMILES string of the molecule is Cc1cc(/C=N\Nc2ccc([N+](=O)[O-])cc2)c(C)n1-c1ccccn1. The zero-order valence-electron chi connectivity index (χ0n) is 13.9. The van der Waals surface area contributed by atoms with E-state index in [9.17, 15) is 10.1 Å². The molecule has 7 heteroatoms. The van der Waals surface area contributed by atoms with Crippen molar-refractivity contribution in [2.45, 2.75) is 13.8 Å². The molecule has 3 rings (SSSR count). The molecule has 25 heavy (non-hydrogen) atoms. The molecule has 0 aliphatic carbocycles. The van der Waals surface area contributed by atoms with Crippen molar-refractivity contribution in [3.05, 3.63) is 81.8 Å². The average molecular weight is 335 g/mol. The second kappa shape index (κ2) is 6.96. The van der Waals surface area contributed by atoms with Crippen LogP contribution in [0.4, 0.5) is 11.4 Å². The molecular weight excluding hydrogens is 318 g/mol. The Bertz CT molecular complexity index is 915. The van der Waals surface area contributed by atoms with Crippen LogP contribution in [0.15, 0.2) is 59.8 Å². The molecule has 0 aliphatic rings. The Morgan fingerprint density at radius 3 is 2.60 bits per heavy atom. The van der Waals surface area contributed by atoms with Crippen molar-refractivity contribution in [1.82, 2.24) is 9.55 Å². The molecular formula is C18H17N5O2. The van der Waals surface area contributed by atoms with Gasteiger partial charge in [-0.15, -0.1) is 0 Å². The topological polar surface area (TPSA) is 85.4 Å². The second-order valence-corrected chi connectivity index (χ2v) is 5.52. The molecule has 3 aromatic rings. The van der Waals surface area contributed by atoms with Gasteiger partial charge in [0.25, 0.3) is 5.69 Å². The number of nitro groups is 1. The molecule has 0 spiro atoms. The van der Waals surface area contributed by atoms with Crippen molar-refractivity contribution in [2.75, 3.05) is 5.43 Å². The van der Waals surface area contributed by atoms with Gasteiger partial charge in [-0.05, 0) is 44.2 Å². The van der Waals surface area contributed by atoms with E-state index >= 15 is 0 Å². The van der Waals surface area contributed by atoms with E-state index in [4.69, 9.17) is 0 Å². The molecule has 0 radical (unpaired) electrons. The summed E-state index contributed by atoms with van der Waals surface area (Å²) in [5.41, 5.74) is 6.67. The van der Waals surface area contributed by atoms with Crippen LogP contribution in [0.25, 0.3) is 5.82 Å². The summed E-state index contributed by atoms with van der Waals surface area (Å²) in [5.74, 6) is 0.862. The van der Waals surface area contributed by atoms with Crippen LogP contribution in [0.3, 0.4) is 0 Å². The summed E-state index contributed by atoms with van der Waals surface area (Å²) >= 11 is 0. The van der Waals surface area contributed by atoms with E-state index in [1.54, 1.807) is 24.5 Å². The Morgan fingerprint density at radius 1 is 1.20 bits per heavy atom. The fourth-order valence-electron chi connectivity index (χ4n) is 2.59. The van der Waals surface area contributed by atoms with Gasteiger partial charge in [0.1, 0.15) is 5.82 Å². The molecule has 0 bridgehead atoms. The van der Waals surface area contributed by atoms with Gasteiger partial charge >= 0.3 is 0 Å². The first kappa shape index (κ1) is 16.4. The van der Waals surface area contributed by atoms with Crippen molar-refractivity contribution in [2.24, 2.45) is 5.10 Å². The minimum atomic E-state index is -0.431. The number of hydrazone groups is 1. The van der Waals surface area contributed by atoms with Crippen LogP contribution in [-0.4, -0.2) is 20.7 Å². The predicted octanol–water partition coefficient (Wildman–Crippen LogP) is 3.84. The predicted molar refractivity (Wildman–Crippen MR) is 97.4 cm³/mol. The van der Waals surface area contributed by atoms with Crippen LogP contribution in [0.5, 0.6) is 0 Å². The molecule has 1 aromatic carbocycles. The molecule has 7 nitrogen and oxygen atoms in total. The average Bonchev–Trinajstić information content (AvgIpc) is 2.90. The lowest BCUT2D eigenvalue weighted by Gasteiger charge is -2.07. The molecule has 0 aliphatic heterocycles. The number of pyridine rings is 1. The minimum Gasteiger partial charge on any atom is -0.303 e. The third-order valence-electron chi connectivity index (χ3n) is 3.82. The van der Waals surface area contributed by atoms with Gasteiger partial charge < -0.3 is 4.57 Å². The van der Waals surface area contributed by atoms with E-state index < -0.39 is 4.92 Å². The standard InChI is InChI=1S/C18H17N5O2/c1-13-11-15(14(2)22(13)18-5-3-4-10-19-18)12-20-21-16-6-8-17(9-7-16)23(24)25/h3-12,21H,1-2H3/b20-12-. The van der Waals surface area contributed by atoms with Gasteiger partial charge in [-0.1, -0.05) is 6.07 Å². The maximum Gasteiger partial charge on any atom is 0.269 e. The lowest BCUT2D eigenvalue weighted by atomic mass is 10.2. The first-order valence-electron chi connectivity index (χ1n) is 7.70. The number of nitrogens with zero attached hydrogens (tertiary/aromatic N) is 4. The van der Waals surface area contributed by atoms with Gasteiger partial charge in [-0.2, -0.15) is 5.10 Å². The van der Waals surface area contributed by atoms with Crippen LogP contribution in [0.2, 0.25) is 0 Å². The fraction of sp³-hybridized carbons (Fsp3) is 0.111. The quantitative estimate of drug-likeness (QED) is 0.436. The number of aryl methyl sites for hydroxylation is 1. The largest absolute Gasteiger partial charge is 0.303 e. The van der Waals surface area contributed by atoms with Gasteiger partial charge in [-0.25, -0.2) is 4.98 Å². The number of aromatic nitrogens is 2. The Morgan fingerprint density at radius 2 is 1.96 bits per heavy atom. The monoisotopic (exact) mass is 335 g/mol. The number of anilines is 1. The third kappa shape index (κ3) is 3.55. The fourth-order valence-corrected chi connectivity index (χ4v) is 2.59. The van der Waals surface area contributed by atoms with Crippen molar-refractivity contribution in [3.63, 3.8) is 0 Å². The summed E-state index contributed by atoms with van der Waals surface area (Å²) in [5, 5.41) is 14.9. The van der Waals surface area contributed by atoms with E-state index in [0.29, 0.717) is 5.69 Å². The molecule has 1 N–H and O–H groups in total.